The summed E-state index contributed by atoms with van der Waals surface area (Å²) in [6, 6.07) is 13.9. The first-order valence-electron chi connectivity index (χ1n) is 8.06. The van der Waals surface area contributed by atoms with Crippen LogP contribution in [0.25, 0.3) is 11.0 Å². The predicted molar refractivity (Wildman–Crippen MR) is 99.1 cm³/mol. The Kier molecular flexibility index (Phi) is 4.41. The molecule has 1 aromatic carbocycles. The molecule has 6 heteroatoms. The maximum atomic E-state index is 13.1. The molecule has 0 saturated carbocycles. The van der Waals surface area contributed by atoms with Crippen LogP contribution in [0.3, 0.4) is 0 Å². The Hall–Kier alpha value is -3.12. The summed E-state index contributed by atoms with van der Waals surface area (Å²) in [4.78, 5) is 28.1. The summed E-state index contributed by atoms with van der Waals surface area (Å²) < 4.78 is 10.8. The van der Waals surface area contributed by atoms with E-state index in [-0.39, 0.29) is 17.1 Å². The fourth-order valence-electron chi connectivity index (χ4n) is 2.76. The van der Waals surface area contributed by atoms with Crippen LogP contribution in [-0.2, 0) is 13.1 Å². The van der Waals surface area contributed by atoms with Gasteiger partial charge in [-0.15, -0.1) is 11.3 Å². The molecular weight excluding hydrogens is 350 g/mol. The SMILES string of the molecule is O=C(c1cc(=O)c2ccccc2o1)N(Cc1ccoc1)Cc1cccs1. The molecule has 0 aliphatic rings. The van der Waals surface area contributed by atoms with E-state index in [9.17, 15) is 9.59 Å². The van der Waals surface area contributed by atoms with E-state index in [0.29, 0.717) is 24.1 Å². The van der Waals surface area contributed by atoms with Crippen molar-refractivity contribution in [3.8, 4) is 0 Å². The van der Waals surface area contributed by atoms with Crippen LogP contribution < -0.4 is 5.43 Å². The van der Waals surface area contributed by atoms with Crippen LogP contribution >= 0.6 is 11.3 Å². The van der Waals surface area contributed by atoms with Crippen molar-refractivity contribution < 1.29 is 13.6 Å². The van der Waals surface area contributed by atoms with Gasteiger partial charge in [-0.1, -0.05) is 18.2 Å². The third-order valence-corrected chi connectivity index (χ3v) is 4.87. The van der Waals surface area contributed by atoms with Crippen LogP contribution in [0.15, 0.2) is 80.1 Å². The van der Waals surface area contributed by atoms with Gasteiger partial charge in [-0.25, -0.2) is 0 Å². The first kappa shape index (κ1) is 16.4. The number of hydrogen-bond acceptors (Lipinski definition) is 5. The molecule has 5 nitrogen and oxygen atoms in total. The van der Waals surface area contributed by atoms with Crippen molar-refractivity contribution in [2.75, 3.05) is 0 Å². The third-order valence-electron chi connectivity index (χ3n) is 4.01. The van der Waals surface area contributed by atoms with Gasteiger partial charge < -0.3 is 13.7 Å². The highest BCUT2D eigenvalue weighted by Crippen LogP contribution is 2.19. The van der Waals surface area contributed by atoms with Crippen molar-refractivity contribution in [3.63, 3.8) is 0 Å². The number of thiophene rings is 1. The van der Waals surface area contributed by atoms with Crippen molar-refractivity contribution in [3.05, 3.63) is 92.9 Å². The Balaban J connectivity index is 1.70. The minimum Gasteiger partial charge on any atom is -0.472 e. The number of nitrogens with zero attached hydrogens (tertiary/aromatic N) is 1. The maximum Gasteiger partial charge on any atom is 0.290 e. The zero-order valence-corrected chi connectivity index (χ0v) is 14.6. The molecule has 0 aliphatic carbocycles. The van der Waals surface area contributed by atoms with E-state index in [1.54, 1.807) is 53.0 Å². The fraction of sp³-hybridized carbons (Fsp3) is 0.100. The molecule has 0 aliphatic heterocycles. The Morgan fingerprint density at radius 3 is 2.73 bits per heavy atom. The van der Waals surface area contributed by atoms with Gasteiger partial charge >= 0.3 is 0 Å². The zero-order chi connectivity index (χ0) is 17.9. The summed E-state index contributed by atoms with van der Waals surface area (Å²) in [6.07, 6.45) is 3.17. The van der Waals surface area contributed by atoms with Crippen molar-refractivity contribution in [2.45, 2.75) is 13.1 Å². The second-order valence-electron chi connectivity index (χ2n) is 5.84. The average Bonchev–Trinajstić information content (AvgIpc) is 3.34. The van der Waals surface area contributed by atoms with Crippen LogP contribution in [0.1, 0.15) is 21.0 Å². The summed E-state index contributed by atoms with van der Waals surface area (Å²) in [5, 5.41) is 2.43. The monoisotopic (exact) mass is 365 g/mol. The molecular formula is C20H15NO4S. The lowest BCUT2D eigenvalue weighted by molar-refractivity contribution is 0.0699. The molecule has 0 unspecified atom stereocenters. The van der Waals surface area contributed by atoms with Crippen LogP contribution in [0.5, 0.6) is 0 Å². The first-order chi connectivity index (χ1) is 12.7. The number of carbonyl (C=O) groups is 1. The van der Waals surface area contributed by atoms with Gasteiger partial charge in [-0.3, -0.25) is 9.59 Å². The normalized spacial score (nSPS) is 10.9. The second-order valence-corrected chi connectivity index (χ2v) is 6.88. The number of amides is 1. The van der Waals surface area contributed by atoms with Crippen LogP contribution in [0.2, 0.25) is 0 Å². The molecule has 0 bridgehead atoms. The standard InChI is InChI=1S/C20H15NO4S/c22-17-10-19(25-18-6-2-1-5-16(17)18)20(23)21(11-14-7-8-24-13-14)12-15-4-3-9-26-15/h1-10,13H,11-12H2. The summed E-state index contributed by atoms with van der Waals surface area (Å²) in [7, 11) is 0. The number of para-hydroxylation sites is 1. The van der Waals surface area contributed by atoms with E-state index in [1.807, 2.05) is 23.6 Å². The van der Waals surface area contributed by atoms with Crippen LogP contribution in [0, 0.1) is 0 Å². The van der Waals surface area contributed by atoms with Gasteiger partial charge in [-0.2, -0.15) is 0 Å². The minimum atomic E-state index is -0.331. The molecule has 26 heavy (non-hydrogen) atoms. The molecule has 0 N–H and O–H groups in total. The maximum absolute atomic E-state index is 13.1. The Morgan fingerprint density at radius 1 is 1.08 bits per heavy atom. The Bertz CT molecular complexity index is 1040. The topological polar surface area (TPSA) is 63.7 Å². The second kappa shape index (κ2) is 7.01. The largest absolute Gasteiger partial charge is 0.472 e. The fourth-order valence-corrected chi connectivity index (χ4v) is 3.48. The number of hydrogen-bond donors (Lipinski definition) is 0. The third kappa shape index (κ3) is 3.32. The summed E-state index contributed by atoms with van der Waals surface area (Å²) in [6.45, 7) is 0.794. The molecule has 0 atom stereocenters. The van der Waals surface area contributed by atoms with Crippen molar-refractivity contribution in [1.82, 2.24) is 4.90 Å². The van der Waals surface area contributed by atoms with Gasteiger partial charge in [0.2, 0.25) is 0 Å². The molecule has 3 heterocycles. The lowest BCUT2D eigenvalue weighted by Gasteiger charge is -2.21. The Labute approximate surface area is 153 Å². The molecule has 0 saturated heterocycles. The van der Waals surface area contributed by atoms with E-state index >= 15 is 0 Å². The van der Waals surface area contributed by atoms with Gasteiger partial charge in [0.1, 0.15) is 5.58 Å². The number of carbonyl (C=O) groups excluding carboxylic acids is 1. The highest BCUT2D eigenvalue weighted by atomic mass is 32.1. The van der Waals surface area contributed by atoms with Gasteiger partial charge in [0.25, 0.3) is 5.91 Å². The minimum absolute atomic E-state index is 0.0359. The predicted octanol–water partition coefficient (Wildman–Crippen LogP) is 4.29. The van der Waals surface area contributed by atoms with Crippen LogP contribution in [0.4, 0.5) is 0 Å². The number of fused-ring (bicyclic) bond motifs is 1. The van der Waals surface area contributed by atoms with E-state index in [0.717, 1.165) is 10.4 Å². The number of benzene rings is 1. The summed E-state index contributed by atoms with van der Waals surface area (Å²) in [5.74, 6) is -0.295. The number of rotatable bonds is 5. The smallest absolute Gasteiger partial charge is 0.290 e. The van der Waals surface area contributed by atoms with Gasteiger partial charge in [0.05, 0.1) is 24.5 Å². The van der Waals surface area contributed by atoms with Gasteiger partial charge in [0, 0.05) is 23.1 Å². The molecule has 0 fully saturated rings. The highest BCUT2D eigenvalue weighted by molar-refractivity contribution is 7.09. The van der Waals surface area contributed by atoms with Gasteiger partial charge in [0.15, 0.2) is 11.2 Å². The quantitative estimate of drug-likeness (QED) is 0.529. The highest BCUT2D eigenvalue weighted by Gasteiger charge is 2.21. The van der Waals surface area contributed by atoms with E-state index < -0.39 is 0 Å². The van der Waals surface area contributed by atoms with E-state index in [4.69, 9.17) is 8.83 Å². The lowest BCUT2D eigenvalue weighted by atomic mass is 10.2. The van der Waals surface area contributed by atoms with Gasteiger partial charge in [-0.05, 0) is 29.6 Å². The first-order valence-corrected chi connectivity index (χ1v) is 8.94. The number of furan rings is 1. The van der Waals surface area contributed by atoms with E-state index in [1.165, 1.54) is 6.07 Å². The van der Waals surface area contributed by atoms with Crippen molar-refractivity contribution in [1.29, 1.82) is 0 Å². The summed E-state index contributed by atoms with van der Waals surface area (Å²) in [5.41, 5.74) is 1.05. The summed E-state index contributed by atoms with van der Waals surface area (Å²) >= 11 is 1.57. The van der Waals surface area contributed by atoms with Crippen molar-refractivity contribution in [2.24, 2.45) is 0 Å². The molecule has 4 aromatic rings. The molecule has 4 rings (SSSR count). The molecule has 0 spiro atoms. The van der Waals surface area contributed by atoms with Crippen molar-refractivity contribution >= 4 is 28.2 Å². The molecule has 0 radical (unpaired) electrons. The van der Waals surface area contributed by atoms with Crippen LogP contribution in [-0.4, -0.2) is 10.8 Å². The molecule has 3 aromatic heterocycles. The zero-order valence-electron chi connectivity index (χ0n) is 13.8. The van der Waals surface area contributed by atoms with E-state index in [2.05, 4.69) is 0 Å². The lowest BCUT2D eigenvalue weighted by Crippen LogP contribution is -2.30. The Morgan fingerprint density at radius 2 is 1.96 bits per heavy atom. The molecule has 130 valence electrons. The average molecular weight is 365 g/mol. The molecule has 1 amide bonds.